The lowest BCUT2D eigenvalue weighted by Crippen LogP contribution is -2.34. The maximum atomic E-state index is 12.4. The second kappa shape index (κ2) is 4.75. The van der Waals surface area contributed by atoms with E-state index in [-0.39, 0.29) is 5.91 Å². The second-order valence-corrected chi connectivity index (χ2v) is 4.66. The number of nitrogens with two attached hydrogens (primary N) is 1. The molecule has 0 saturated carbocycles. The summed E-state index contributed by atoms with van der Waals surface area (Å²) >= 11 is 0. The first-order chi connectivity index (χ1) is 8.13. The molecule has 1 heterocycles. The summed E-state index contributed by atoms with van der Waals surface area (Å²) in [5.41, 5.74) is 5.15. The van der Waals surface area contributed by atoms with Gasteiger partial charge in [-0.15, -0.1) is 0 Å². The van der Waals surface area contributed by atoms with Crippen molar-refractivity contribution in [2.75, 3.05) is 12.0 Å². The largest absolute Gasteiger partial charge is 0.336 e. The van der Waals surface area contributed by atoms with Gasteiger partial charge < -0.3 is 10.3 Å². The third-order valence-corrected chi connectivity index (χ3v) is 3.44. The van der Waals surface area contributed by atoms with E-state index in [1.54, 1.807) is 0 Å². The number of amides is 1. The maximum Gasteiger partial charge on any atom is 0.254 e. The lowest BCUT2D eigenvalue weighted by atomic mass is 10.1. The average molecular weight is 233 g/mol. The van der Waals surface area contributed by atoms with Crippen LogP contribution in [0, 0.1) is 6.92 Å². The molecule has 1 fully saturated rings. The Labute approximate surface area is 102 Å². The number of carbonyl (C=O) groups is 1. The van der Waals surface area contributed by atoms with Gasteiger partial charge in [0.05, 0.1) is 0 Å². The third-order valence-electron chi connectivity index (χ3n) is 3.44. The average Bonchev–Trinajstić information content (AvgIpc) is 2.74. The minimum Gasteiger partial charge on any atom is -0.336 e. The van der Waals surface area contributed by atoms with Crippen molar-refractivity contribution in [3.8, 4) is 0 Å². The maximum absolute atomic E-state index is 12.4. The molecule has 0 aliphatic carbocycles. The predicted molar refractivity (Wildman–Crippen MR) is 68.7 cm³/mol. The van der Waals surface area contributed by atoms with Crippen LogP contribution in [0.1, 0.15) is 35.7 Å². The van der Waals surface area contributed by atoms with Crippen LogP contribution in [0.25, 0.3) is 0 Å². The van der Waals surface area contributed by atoms with Crippen molar-refractivity contribution in [2.45, 2.75) is 32.7 Å². The summed E-state index contributed by atoms with van der Waals surface area (Å²) in [6.07, 6.45) is 2.21. The van der Waals surface area contributed by atoms with Crippen LogP contribution >= 0.6 is 0 Å². The van der Waals surface area contributed by atoms with E-state index in [9.17, 15) is 4.79 Å². The molecule has 0 bridgehead atoms. The van der Waals surface area contributed by atoms with Crippen LogP contribution in [-0.2, 0) is 0 Å². The molecule has 1 aromatic rings. The number of likely N-dealkylation sites (tertiary alicyclic amines) is 1. The standard InChI is InChI=1S/C13H19N3O/c1-9-8-11(15-14)5-6-12(9)13(17)16-7-3-4-10(16)2/h5-6,8,10,15H,3-4,7,14H2,1-2H3. The van der Waals surface area contributed by atoms with Crippen molar-refractivity contribution in [3.05, 3.63) is 29.3 Å². The van der Waals surface area contributed by atoms with Crippen LogP contribution < -0.4 is 11.3 Å². The Kier molecular flexibility index (Phi) is 3.33. The van der Waals surface area contributed by atoms with Crippen LogP contribution in [0.3, 0.4) is 0 Å². The van der Waals surface area contributed by atoms with Crippen LogP contribution in [0.2, 0.25) is 0 Å². The van der Waals surface area contributed by atoms with Gasteiger partial charge in [-0.3, -0.25) is 10.6 Å². The highest BCUT2D eigenvalue weighted by Crippen LogP contribution is 2.22. The first-order valence-electron chi connectivity index (χ1n) is 6.01. The molecule has 3 N–H and O–H groups in total. The third kappa shape index (κ3) is 2.26. The predicted octanol–water partition coefficient (Wildman–Crippen LogP) is 1.91. The smallest absolute Gasteiger partial charge is 0.254 e. The van der Waals surface area contributed by atoms with Gasteiger partial charge in [-0.2, -0.15) is 0 Å². The van der Waals surface area contributed by atoms with Gasteiger partial charge in [-0.1, -0.05) is 0 Å². The molecule has 92 valence electrons. The van der Waals surface area contributed by atoms with Crippen molar-refractivity contribution in [1.29, 1.82) is 0 Å². The van der Waals surface area contributed by atoms with Crippen molar-refractivity contribution in [2.24, 2.45) is 5.84 Å². The Morgan fingerprint density at radius 1 is 1.53 bits per heavy atom. The summed E-state index contributed by atoms with van der Waals surface area (Å²) in [5, 5.41) is 0. The summed E-state index contributed by atoms with van der Waals surface area (Å²) in [6.45, 7) is 4.92. The van der Waals surface area contributed by atoms with E-state index in [4.69, 9.17) is 5.84 Å². The molecular formula is C13H19N3O. The van der Waals surface area contributed by atoms with E-state index in [2.05, 4.69) is 12.3 Å². The van der Waals surface area contributed by atoms with Crippen LogP contribution in [0.5, 0.6) is 0 Å². The zero-order valence-electron chi connectivity index (χ0n) is 10.4. The fourth-order valence-electron chi connectivity index (χ4n) is 2.38. The number of nitrogens with zero attached hydrogens (tertiary/aromatic N) is 1. The first-order valence-corrected chi connectivity index (χ1v) is 6.01. The van der Waals surface area contributed by atoms with Crippen LogP contribution in [-0.4, -0.2) is 23.4 Å². The van der Waals surface area contributed by atoms with E-state index < -0.39 is 0 Å². The fourth-order valence-corrected chi connectivity index (χ4v) is 2.38. The van der Waals surface area contributed by atoms with E-state index >= 15 is 0 Å². The lowest BCUT2D eigenvalue weighted by Gasteiger charge is -2.22. The molecular weight excluding hydrogens is 214 g/mol. The number of rotatable bonds is 2. The minimum absolute atomic E-state index is 0.135. The highest BCUT2D eigenvalue weighted by atomic mass is 16.2. The number of aryl methyl sites for hydroxylation is 1. The summed E-state index contributed by atoms with van der Waals surface area (Å²) in [6, 6.07) is 5.93. The number of anilines is 1. The van der Waals surface area contributed by atoms with Crippen molar-refractivity contribution in [1.82, 2.24) is 4.90 Å². The molecule has 1 aliphatic rings. The monoisotopic (exact) mass is 233 g/mol. The summed E-state index contributed by atoms with van der Waals surface area (Å²) < 4.78 is 0. The molecule has 1 amide bonds. The molecule has 17 heavy (non-hydrogen) atoms. The number of hydrogen-bond donors (Lipinski definition) is 2. The minimum atomic E-state index is 0.135. The molecule has 4 heteroatoms. The zero-order valence-corrected chi connectivity index (χ0v) is 10.4. The molecule has 2 rings (SSSR count). The molecule has 1 unspecified atom stereocenters. The Morgan fingerprint density at radius 3 is 2.82 bits per heavy atom. The van der Waals surface area contributed by atoms with E-state index in [1.807, 2.05) is 30.0 Å². The molecule has 1 aromatic carbocycles. The van der Waals surface area contributed by atoms with Gasteiger partial charge in [0.15, 0.2) is 0 Å². The highest BCUT2D eigenvalue weighted by Gasteiger charge is 2.26. The molecule has 0 aromatic heterocycles. The molecule has 4 nitrogen and oxygen atoms in total. The van der Waals surface area contributed by atoms with E-state index in [1.165, 1.54) is 0 Å². The van der Waals surface area contributed by atoms with Gasteiger partial charge in [0.2, 0.25) is 0 Å². The van der Waals surface area contributed by atoms with Gasteiger partial charge in [0.25, 0.3) is 5.91 Å². The van der Waals surface area contributed by atoms with Gasteiger partial charge in [-0.05, 0) is 50.5 Å². The molecule has 1 atom stereocenters. The molecule has 0 spiro atoms. The summed E-state index contributed by atoms with van der Waals surface area (Å²) in [7, 11) is 0. The highest BCUT2D eigenvalue weighted by molar-refractivity contribution is 5.96. The Hall–Kier alpha value is -1.55. The van der Waals surface area contributed by atoms with Gasteiger partial charge in [0.1, 0.15) is 0 Å². The van der Waals surface area contributed by atoms with Gasteiger partial charge in [-0.25, -0.2) is 0 Å². The quantitative estimate of drug-likeness (QED) is 0.606. The fraction of sp³-hybridized carbons (Fsp3) is 0.462. The SMILES string of the molecule is Cc1cc(NN)ccc1C(=O)N1CCCC1C. The first kappa shape index (κ1) is 11.9. The topological polar surface area (TPSA) is 58.4 Å². The number of benzene rings is 1. The Morgan fingerprint density at radius 2 is 2.29 bits per heavy atom. The van der Waals surface area contributed by atoms with Crippen molar-refractivity contribution in [3.63, 3.8) is 0 Å². The van der Waals surface area contributed by atoms with E-state index in [0.29, 0.717) is 6.04 Å². The Balaban J connectivity index is 2.25. The number of nitrogen functional groups attached to an aromatic ring is 1. The van der Waals surface area contributed by atoms with Crippen molar-refractivity contribution < 1.29 is 4.79 Å². The van der Waals surface area contributed by atoms with Crippen molar-refractivity contribution >= 4 is 11.6 Å². The normalized spacial score (nSPS) is 19.5. The molecule has 1 saturated heterocycles. The lowest BCUT2D eigenvalue weighted by molar-refractivity contribution is 0.0747. The van der Waals surface area contributed by atoms with Crippen LogP contribution in [0.15, 0.2) is 18.2 Å². The van der Waals surface area contributed by atoms with Crippen LogP contribution in [0.4, 0.5) is 5.69 Å². The Bertz CT molecular complexity index is 431. The summed E-state index contributed by atoms with van der Waals surface area (Å²) in [5.74, 6) is 5.48. The van der Waals surface area contributed by atoms with E-state index in [0.717, 1.165) is 36.2 Å². The molecule has 1 aliphatic heterocycles. The number of carbonyl (C=O) groups excluding carboxylic acids is 1. The number of hydrazine groups is 1. The van der Waals surface area contributed by atoms with Gasteiger partial charge in [0, 0.05) is 23.8 Å². The summed E-state index contributed by atoms with van der Waals surface area (Å²) in [4.78, 5) is 14.3. The number of nitrogens with one attached hydrogen (secondary N) is 1. The number of hydrogen-bond acceptors (Lipinski definition) is 3. The second-order valence-electron chi connectivity index (χ2n) is 4.66. The molecule has 0 radical (unpaired) electrons. The van der Waals surface area contributed by atoms with Gasteiger partial charge >= 0.3 is 0 Å². The zero-order chi connectivity index (χ0) is 12.4.